The fourth-order valence-corrected chi connectivity index (χ4v) is 5.50. The van der Waals surface area contributed by atoms with Crippen LogP contribution in [0.25, 0.3) is 33.3 Å². The van der Waals surface area contributed by atoms with Gasteiger partial charge in [0.15, 0.2) is 22.4 Å². The van der Waals surface area contributed by atoms with Crippen molar-refractivity contribution in [2.45, 2.75) is 12.3 Å². The molecule has 3 heterocycles. The molecular formula is C32H28N2O8. The lowest BCUT2D eigenvalue weighted by atomic mass is 9.85. The average Bonchev–Trinajstić information content (AvgIpc) is 3.00. The molecule has 1 saturated heterocycles. The Kier molecular flexibility index (Phi) is 6.91. The quantitative estimate of drug-likeness (QED) is 0.268. The molecule has 1 aliphatic heterocycles. The molecule has 0 aliphatic carbocycles. The number of hydrogen-bond donors (Lipinski definition) is 3. The minimum absolute atomic E-state index is 0.0191. The van der Waals surface area contributed by atoms with Gasteiger partial charge in [-0.1, -0.05) is 42.5 Å². The van der Waals surface area contributed by atoms with Crippen molar-refractivity contribution in [1.29, 1.82) is 0 Å². The van der Waals surface area contributed by atoms with Crippen LogP contribution in [0.4, 0.5) is 0 Å². The van der Waals surface area contributed by atoms with Gasteiger partial charge in [0.1, 0.15) is 22.3 Å². The number of amides is 1. The van der Waals surface area contributed by atoms with Crippen LogP contribution in [0, 0.1) is 0 Å². The maximum atomic E-state index is 13.8. The van der Waals surface area contributed by atoms with Gasteiger partial charge in [-0.05, 0) is 19.2 Å². The number of likely N-dealkylation sites (N-methyl/N-ethyl adjacent to an activating group) is 1. The van der Waals surface area contributed by atoms with Crippen LogP contribution in [0.2, 0.25) is 0 Å². The van der Waals surface area contributed by atoms with Gasteiger partial charge in [0.05, 0.1) is 11.6 Å². The van der Waals surface area contributed by atoms with Crippen LogP contribution in [-0.2, 0) is 4.79 Å². The van der Waals surface area contributed by atoms with E-state index in [0.29, 0.717) is 37.3 Å². The molecule has 10 heteroatoms. The summed E-state index contributed by atoms with van der Waals surface area (Å²) in [6, 6.07) is 16.5. The summed E-state index contributed by atoms with van der Waals surface area (Å²) in [5.74, 6) is -4.01. The Hall–Kier alpha value is -5.09. The third kappa shape index (κ3) is 4.65. The summed E-state index contributed by atoms with van der Waals surface area (Å²) in [6.07, 6.45) is 0.917. The summed E-state index contributed by atoms with van der Waals surface area (Å²) in [5, 5.41) is 32.7. The minimum Gasteiger partial charge on any atom is -0.504 e. The second-order valence-corrected chi connectivity index (χ2v) is 10.5. The molecule has 1 fully saturated rings. The van der Waals surface area contributed by atoms with E-state index < -0.39 is 34.0 Å². The predicted octanol–water partition coefficient (Wildman–Crippen LogP) is 3.98. The molecule has 0 spiro atoms. The molecule has 10 nitrogen and oxygen atoms in total. The Morgan fingerprint density at radius 3 is 2.33 bits per heavy atom. The Balaban J connectivity index is 1.62. The van der Waals surface area contributed by atoms with Crippen molar-refractivity contribution in [3.8, 4) is 28.6 Å². The number of piperazine rings is 1. The van der Waals surface area contributed by atoms with Gasteiger partial charge in [0.2, 0.25) is 11.7 Å². The van der Waals surface area contributed by atoms with Gasteiger partial charge >= 0.3 is 0 Å². The zero-order chi connectivity index (χ0) is 29.5. The van der Waals surface area contributed by atoms with Gasteiger partial charge in [0, 0.05) is 61.3 Å². The molecule has 0 unspecified atom stereocenters. The van der Waals surface area contributed by atoms with Gasteiger partial charge in [0.25, 0.3) is 0 Å². The third-order valence-electron chi connectivity index (χ3n) is 7.86. The first-order valence-electron chi connectivity index (χ1n) is 13.5. The lowest BCUT2D eigenvalue weighted by Crippen LogP contribution is -2.47. The molecule has 1 aliphatic rings. The molecule has 6 rings (SSSR count). The number of carbonyl (C=O) groups is 1. The first kappa shape index (κ1) is 27.1. The molecule has 3 aromatic carbocycles. The molecule has 42 heavy (non-hydrogen) atoms. The van der Waals surface area contributed by atoms with Crippen LogP contribution in [0.5, 0.6) is 17.2 Å². The van der Waals surface area contributed by atoms with E-state index in [1.165, 1.54) is 12.3 Å². The second-order valence-electron chi connectivity index (χ2n) is 10.5. The molecule has 1 atom stereocenters. The number of phenolic OH excluding ortho intramolecular Hbond substituents is 3. The van der Waals surface area contributed by atoms with Crippen LogP contribution in [-0.4, -0.2) is 64.3 Å². The summed E-state index contributed by atoms with van der Waals surface area (Å²) in [4.78, 5) is 44.6. The SMILES string of the molecule is CN1CCN(C(=O)C[C@@H](c2coc3ccccc3c2=O)c2c(O)c(O)c(O)c3c(=O)cc(-c4ccccc4)oc23)CC1. The van der Waals surface area contributed by atoms with Gasteiger partial charge in [-0.2, -0.15) is 0 Å². The summed E-state index contributed by atoms with van der Waals surface area (Å²) in [5.41, 5.74) is -0.669. The molecule has 214 valence electrons. The molecule has 0 saturated carbocycles. The number of rotatable bonds is 5. The highest BCUT2D eigenvalue weighted by atomic mass is 16.4. The van der Waals surface area contributed by atoms with Crippen LogP contribution >= 0.6 is 0 Å². The number of aromatic hydroxyl groups is 3. The number of phenols is 3. The number of fused-ring (bicyclic) bond motifs is 2. The molecule has 0 radical (unpaired) electrons. The summed E-state index contributed by atoms with van der Waals surface area (Å²) in [6.45, 7) is 2.26. The molecule has 1 amide bonds. The zero-order valence-corrected chi connectivity index (χ0v) is 22.7. The Morgan fingerprint density at radius 1 is 0.905 bits per heavy atom. The third-order valence-corrected chi connectivity index (χ3v) is 7.86. The van der Waals surface area contributed by atoms with E-state index in [0.717, 1.165) is 0 Å². The number of para-hydroxylation sites is 1. The van der Waals surface area contributed by atoms with E-state index in [1.807, 2.05) is 7.05 Å². The largest absolute Gasteiger partial charge is 0.504 e. The number of hydrogen-bond acceptors (Lipinski definition) is 9. The van der Waals surface area contributed by atoms with Crippen LogP contribution in [0.15, 0.2) is 85.4 Å². The van der Waals surface area contributed by atoms with Crippen molar-refractivity contribution in [3.63, 3.8) is 0 Å². The highest BCUT2D eigenvalue weighted by Gasteiger charge is 2.34. The first-order chi connectivity index (χ1) is 20.2. The van der Waals surface area contributed by atoms with Crippen LogP contribution in [0.3, 0.4) is 0 Å². The van der Waals surface area contributed by atoms with Gasteiger partial charge in [-0.15, -0.1) is 0 Å². The van der Waals surface area contributed by atoms with Crippen LogP contribution in [0.1, 0.15) is 23.5 Å². The van der Waals surface area contributed by atoms with Crippen molar-refractivity contribution < 1.29 is 28.9 Å². The van der Waals surface area contributed by atoms with Crippen molar-refractivity contribution in [3.05, 3.63) is 98.5 Å². The Morgan fingerprint density at radius 2 is 1.60 bits per heavy atom. The highest BCUT2D eigenvalue weighted by Crippen LogP contribution is 2.49. The minimum atomic E-state index is -1.21. The Labute approximate surface area is 239 Å². The monoisotopic (exact) mass is 568 g/mol. The normalized spacial score (nSPS) is 14.8. The van der Waals surface area contributed by atoms with Crippen LogP contribution < -0.4 is 10.9 Å². The zero-order valence-electron chi connectivity index (χ0n) is 22.7. The topological polar surface area (TPSA) is 145 Å². The maximum Gasteiger partial charge on any atom is 0.223 e. The predicted molar refractivity (Wildman–Crippen MR) is 156 cm³/mol. The van der Waals surface area contributed by atoms with Crippen molar-refractivity contribution in [2.24, 2.45) is 0 Å². The van der Waals surface area contributed by atoms with E-state index >= 15 is 0 Å². The lowest BCUT2D eigenvalue weighted by molar-refractivity contribution is -0.133. The van der Waals surface area contributed by atoms with E-state index in [4.69, 9.17) is 8.83 Å². The molecule has 2 aromatic heterocycles. The van der Waals surface area contributed by atoms with Gasteiger partial charge in [-0.3, -0.25) is 14.4 Å². The fraction of sp³-hybridized carbons (Fsp3) is 0.219. The number of nitrogens with zero attached hydrogens (tertiary/aromatic N) is 2. The first-order valence-corrected chi connectivity index (χ1v) is 13.5. The number of benzene rings is 3. The Bertz CT molecular complexity index is 1940. The summed E-state index contributed by atoms with van der Waals surface area (Å²) in [7, 11) is 1.96. The standard InChI is InChI=1S/C32H28N2O8/c1-33-11-13-34(14-12-33)25(36)15-20(21-17-41-23-10-6-5-9-19(23)28(21)37)26-29(38)31(40)30(39)27-22(35)16-24(42-32(26)27)18-7-3-2-4-8-18/h2-10,16-17,20,38-40H,11-15H2,1H3/t20-/m0/s1. The molecule has 0 bridgehead atoms. The smallest absolute Gasteiger partial charge is 0.223 e. The van der Waals surface area contributed by atoms with Crippen molar-refractivity contribution >= 4 is 27.8 Å². The molecule has 5 aromatic rings. The lowest BCUT2D eigenvalue weighted by Gasteiger charge is -2.33. The highest BCUT2D eigenvalue weighted by molar-refractivity contribution is 5.94. The molecular weight excluding hydrogens is 540 g/mol. The van der Waals surface area contributed by atoms with E-state index in [-0.39, 0.29) is 45.6 Å². The van der Waals surface area contributed by atoms with Gasteiger partial charge in [-0.25, -0.2) is 0 Å². The van der Waals surface area contributed by atoms with Gasteiger partial charge < -0.3 is 34.0 Å². The molecule has 3 N–H and O–H groups in total. The fourth-order valence-electron chi connectivity index (χ4n) is 5.50. The summed E-state index contributed by atoms with van der Waals surface area (Å²) < 4.78 is 11.9. The second kappa shape index (κ2) is 10.7. The number of carbonyl (C=O) groups excluding carboxylic acids is 1. The van der Waals surface area contributed by atoms with E-state index in [9.17, 15) is 29.7 Å². The van der Waals surface area contributed by atoms with Crippen molar-refractivity contribution in [1.82, 2.24) is 9.80 Å². The van der Waals surface area contributed by atoms with Crippen molar-refractivity contribution in [2.75, 3.05) is 33.2 Å². The van der Waals surface area contributed by atoms with E-state index in [2.05, 4.69) is 4.90 Å². The van der Waals surface area contributed by atoms with E-state index in [1.54, 1.807) is 59.5 Å². The average molecular weight is 569 g/mol. The summed E-state index contributed by atoms with van der Waals surface area (Å²) >= 11 is 0. The maximum absolute atomic E-state index is 13.8.